The highest BCUT2D eigenvalue weighted by atomic mass is 19.1. The number of rotatable bonds is 4. The van der Waals surface area contributed by atoms with Gasteiger partial charge in [-0.15, -0.1) is 10.2 Å². The highest BCUT2D eigenvalue weighted by Gasteiger charge is 2.01. The molecule has 80 valence electrons. The van der Waals surface area contributed by atoms with E-state index in [0.29, 0.717) is 13.0 Å². The highest BCUT2D eigenvalue weighted by molar-refractivity contribution is 5.48. The molecule has 0 amide bonds. The molecule has 4 nitrogen and oxygen atoms in total. The zero-order chi connectivity index (χ0) is 10.7. The molecule has 0 bridgehead atoms. The van der Waals surface area contributed by atoms with Crippen LogP contribution in [0, 0.1) is 0 Å². The summed E-state index contributed by atoms with van der Waals surface area (Å²) < 4.78 is 14.4. The van der Waals surface area contributed by atoms with Crippen molar-refractivity contribution in [2.75, 3.05) is 11.9 Å². The van der Waals surface area contributed by atoms with Gasteiger partial charge >= 0.3 is 0 Å². The first-order valence-electron chi connectivity index (χ1n) is 4.94. The monoisotopic (exact) mass is 208 g/mol. The Bertz CT molecular complexity index is 438. The number of alkyl halides is 1. The van der Waals surface area contributed by atoms with E-state index in [1.165, 1.54) is 0 Å². The minimum atomic E-state index is -0.780. The van der Waals surface area contributed by atoms with Crippen molar-refractivity contribution in [3.63, 3.8) is 0 Å². The van der Waals surface area contributed by atoms with Crippen LogP contribution in [0.25, 0.3) is 5.65 Å². The van der Waals surface area contributed by atoms with E-state index < -0.39 is 6.17 Å². The van der Waals surface area contributed by atoms with Gasteiger partial charge in [-0.3, -0.25) is 4.40 Å². The van der Waals surface area contributed by atoms with Crippen molar-refractivity contribution >= 4 is 11.5 Å². The predicted octanol–water partition coefficient (Wildman–Crippen LogP) is 1.89. The molecular formula is C10H13FN4. The summed E-state index contributed by atoms with van der Waals surface area (Å²) in [7, 11) is 0. The molecule has 0 spiro atoms. The molecule has 0 aliphatic heterocycles. The number of aromatic nitrogens is 3. The van der Waals surface area contributed by atoms with E-state index in [4.69, 9.17) is 0 Å². The number of hydrogen-bond donors (Lipinski definition) is 1. The van der Waals surface area contributed by atoms with Crippen LogP contribution >= 0.6 is 0 Å². The predicted molar refractivity (Wildman–Crippen MR) is 56.7 cm³/mol. The zero-order valence-corrected chi connectivity index (χ0v) is 8.52. The van der Waals surface area contributed by atoms with E-state index in [2.05, 4.69) is 15.5 Å². The lowest BCUT2D eigenvalue weighted by Crippen LogP contribution is -2.09. The number of pyridine rings is 1. The Hall–Kier alpha value is -1.65. The molecule has 15 heavy (non-hydrogen) atoms. The summed E-state index contributed by atoms with van der Waals surface area (Å²) in [4.78, 5) is 0. The second kappa shape index (κ2) is 4.25. The van der Waals surface area contributed by atoms with Crippen LogP contribution in [0.2, 0.25) is 0 Å². The third-order valence-electron chi connectivity index (χ3n) is 2.18. The van der Waals surface area contributed by atoms with Crippen LogP contribution in [0.5, 0.6) is 0 Å². The van der Waals surface area contributed by atoms with Gasteiger partial charge in [0, 0.05) is 6.54 Å². The minimum Gasteiger partial charge on any atom is -0.371 e. The van der Waals surface area contributed by atoms with Crippen molar-refractivity contribution in [2.45, 2.75) is 19.5 Å². The SMILES string of the molecule is CC(F)CCNc1cccc2nncn12. The molecule has 2 heterocycles. The zero-order valence-electron chi connectivity index (χ0n) is 8.52. The first kappa shape index (κ1) is 9.89. The molecule has 0 saturated heterocycles. The van der Waals surface area contributed by atoms with Crippen LogP contribution < -0.4 is 5.32 Å². The summed E-state index contributed by atoms with van der Waals surface area (Å²) in [5.74, 6) is 0.887. The van der Waals surface area contributed by atoms with Crippen LogP contribution in [0.4, 0.5) is 10.2 Å². The van der Waals surface area contributed by atoms with Crippen LogP contribution in [-0.4, -0.2) is 27.3 Å². The summed E-state index contributed by atoms with van der Waals surface area (Å²) in [6.45, 7) is 2.16. The minimum absolute atomic E-state index is 0.499. The third kappa shape index (κ3) is 2.23. The summed E-state index contributed by atoms with van der Waals surface area (Å²) in [5, 5.41) is 10.9. The normalized spacial score (nSPS) is 12.9. The number of hydrogen-bond acceptors (Lipinski definition) is 3. The summed E-state index contributed by atoms with van der Waals surface area (Å²) in [6, 6.07) is 5.68. The molecule has 0 radical (unpaired) electrons. The molecule has 0 aliphatic rings. The summed E-state index contributed by atoms with van der Waals surface area (Å²) >= 11 is 0. The molecule has 1 unspecified atom stereocenters. The van der Waals surface area contributed by atoms with Gasteiger partial charge in [-0.25, -0.2) is 4.39 Å². The lowest BCUT2D eigenvalue weighted by molar-refractivity contribution is 0.348. The quantitative estimate of drug-likeness (QED) is 0.834. The molecule has 0 aliphatic carbocycles. The fraction of sp³-hybridized carbons (Fsp3) is 0.400. The molecular weight excluding hydrogens is 195 g/mol. The Kier molecular flexibility index (Phi) is 2.80. The number of halogens is 1. The van der Waals surface area contributed by atoms with Crippen molar-refractivity contribution in [1.29, 1.82) is 0 Å². The molecule has 2 aromatic rings. The Labute approximate surface area is 87.1 Å². The van der Waals surface area contributed by atoms with Crippen molar-refractivity contribution in [2.24, 2.45) is 0 Å². The van der Waals surface area contributed by atoms with Crippen molar-refractivity contribution in [3.8, 4) is 0 Å². The Morgan fingerprint density at radius 1 is 1.53 bits per heavy atom. The largest absolute Gasteiger partial charge is 0.371 e. The number of fused-ring (bicyclic) bond motifs is 1. The van der Waals surface area contributed by atoms with Crippen LogP contribution in [0.3, 0.4) is 0 Å². The van der Waals surface area contributed by atoms with E-state index in [9.17, 15) is 4.39 Å². The lowest BCUT2D eigenvalue weighted by atomic mass is 10.3. The Morgan fingerprint density at radius 2 is 2.40 bits per heavy atom. The van der Waals surface area contributed by atoms with Gasteiger partial charge in [0.05, 0.1) is 6.17 Å². The first-order valence-corrected chi connectivity index (χ1v) is 4.94. The fourth-order valence-corrected chi connectivity index (χ4v) is 1.39. The van der Waals surface area contributed by atoms with Gasteiger partial charge in [-0.05, 0) is 25.5 Å². The maximum atomic E-state index is 12.6. The van der Waals surface area contributed by atoms with Crippen LogP contribution in [0.15, 0.2) is 24.5 Å². The van der Waals surface area contributed by atoms with Crippen molar-refractivity contribution < 1.29 is 4.39 Å². The van der Waals surface area contributed by atoms with Gasteiger partial charge in [0.15, 0.2) is 5.65 Å². The summed E-state index contributed by atoms with van der Waals surface area (Å²) in [5.41, 5.74) is 0.785. The average Bonchev–Trinajstić information content (AvgIpc) is 2.65. The topological polar surface area (TPSA) is 42.2 Å². The smallest absolute Gasteiger partial charge is 0.162 e. The molecule has 5 heteroatoms. The fourth-order valence-electron chi connectivity index (χ4n) is 1.39. The second-order valence-electron chi connectivity index (χ2n) is 3.47. The maximum absolute atomic E-state index is 12.6. The van der Waals surface area contributed by atoms with E-state index >= 15 is 0 Å². The molecule has 2 rings (SSSR count). The number of nitrogens with one attached hydrogen (secondary N) is 1. The first-order chi connectivity index (χ1) is 7.27. The van der Waals surface area contributed by atoms with Crippen LogP contribution in [-0.2, 0) is 0 Å². The molecule has 0 saturated carbocycles. The Balaban J connectivity index is 2.10. The van der Waals surface area contributed by atoms with E-state index in [0.717, 1.165) is 11.5 Å². The number of nitrogens with zero attached hydrogens (tertiary/aromatic N) is 3. The molecule has 0 aromatic carbocycles. The average molecular weight is 208 g/mol. The second-order valence-corrected chi connectivity index (χ2v) is 3.47. The number of anilines is 1. The third-order valence-corrected chi connectivity index (χ3v) is 2.18. The van der Waals surface area contributed by atoms with Crippen LogP contribution in [0.1, 0.15) is 13.3 Å². The highest BCUT2D eigenvalue weighted by Crippen LogP contribution is 2.10. The molecule has 1 N–H and O–H groups in total. The lowest BCUT2D eigenvalue weighted by Gasteiger charge is -2.08. The van der Waals surface area contributed by atoms with Crippen molar-refractivity contribution in [3.05, 3.63) is 24.5 Å². The van der Waals surface area contributed by atoms with Crippen molar-refractivity contribution in [1.82, 2.24) is 14.6 Å². The molecule has 0 fully saturated rings. The molecule has 2 aromatic heterocycles. The molecule has 1 atom stereocenters. The van der Waals surface area contributed by atoms with Gasteiger partial charge in [0.2, 0.25) is 0 Å². The van der Waals surface area contributed by atoms with Gasteiger partial charge in [0.1, 0.15) is 12.1 Å². The van der Waals surface area contributed by atoms with Gasteiger partial charge in [-0.2, -0.15) is 0 Å². The van der Waals surface area contributed by atoms with E-state index in [1.54, 1.807) is 13.3 Å². The Morgan fingerprint density at radius 3 is 3.20 bits per heavy atom. The summed E-state index contributed by atoms with van der Waals surface area (Å²) in [6.07, 6.45) is 1.35. The van der Waals surface area contributed by atoms with Gasteiger partial charge < -0.3 is 5.32 Å². The van der Waals surface area contributed by atoms with Gasteiger partial charge in [-0.1, -0.05) is 6.07 Å². The standard InChI is InChI=1S/C10H13FN4/c1-8(11)5-6-12-9-3-2-4-10-14-13-7-15(9)10/h2-4,7-8,12H,5-6H2,1H3. The van der Waals surface area contributed by atoms with Gasteiger partial charge in [0.25, 0.3) is 0 Å². The van der Waals surface area contributed by atoms with E-state index in [1.807, 2.05) is 22.6 Å². The maximum Gasteiger partial charge on any atom is 0.162 e. The van der Waals surface area contributed by atoms with E-state index in [-0.39, 0.29) is 0 Å².